The molecule has 24 heavy (non-hydrogen) atoms. The van der Waals surface area contributed by atoms with Crippen molar-refractivity contribution in [1.82, 2.24) is 4.90 Å². The van der Waals surface area contributed by atoms with Gasteiger partial charge in [0, 0.05) is 11.3 Å². The van der Waals surface area contributed by atoms with E-state index in [-0.39, 0.29) is 12.1 Å². The number of hydrogen-bond acceptors (Lipinski definition) is 3. The molecule has 5 nitrogen and oxygen atoms in total. The normalized spacial score (nSPS) is 19.0. The molecule has 0 saturated carbocycles. The zero-order valence-corrected chi connectivity index (χ0v) is 13.1. The lowest BCUT2D eigenvalue weighted by atomic mass is 10.1. The van der Waals surface area contributed by atoms with E-state index in [4.69, 9.17) is 0 Å². The molecule has 2 aromatic carbocycles. The number of hydrogen-bond donors (Lipinski definition) is 1. The minimum absolute atomic E-state index is 0.0592. The van der Waals surface area contributed by atoms with Crippen LogP contribution in [0.1, 0.15) is 18.6 Å². The summed E-state index contributed by atoms with van der Waals surface area (Å²) in [4.78, 5) is 27.4. The highest BCUT2D eigenvalue weighted by atomic mass is 19.1. The molecule has 3 amide bonds. The van der Waals surface area contributed by atoms with Crippen molar-refractivity contribution in [2.45, 2.75) is 19.1 Å². The molecule has 3 rings (SSSR count). The average molecular weight is 328 g/mol. The highest BCUT2D eigenvalue weighted by molar-refractivity contribution is 6.14. The lowest BCUT2D eigenvalue weighted by molar-refractivity contribution is -0.128. The molecule has 0 spiro atoms. The molecule has 0 unspecified atom stereocenters. The molecule has 1 aliphatic heterocycles. The third-order valence-electron chi connectivity index (χ3n) is 4.10. The Hall–Kier alpha value is -2.73. The quantitative estimate of drug-likeness (QED) is 0.878. The average Bonchev–Trinajstić information content (AvgIpc) is 2.79. The largest absolute Gasteiger partial charge is 0.386 e. The van der Waals surface area contributed by atoms with Crippen molar-refractivity contribution in [2.24, 2.45) is 0 Å². The van der Waals surface area contributed by atoms with Gasteiger partial charge >= 0.3 is 6.03 Å². The molecule has 1 aliphatic rings. The predicted octanol–water partition coefficient (Wildman–Crippen LogP) is 2.72. The predicted molar refractivity (Wildman–Crippen MR) is 86.9 cm³/mol. The number of halogens is 1. The number of benzene rings is 2. The van der Waals surface area contributed by atoms with Crippen molar-refractivity contribution in [2.75, 3.05) is 11.4 Å². The zero-order valence-electron chi connectivity index (χ0n) is 13.1. The van der Waals surface area contributed by atoms with Crippen molar-refractivity contribution in [3.05, 3.63) is 66.0 Å². The Labute approximate surface area is 138 Å². The third kappa shape index (κ3) is 2.76. The second-order valence-electron chi connectivity index (χ2n) is 5.65. The number of para-hydroxylation sites is 1. The van der Waals surface area contributed by atoms with Gasteiger partial charge in [0.2, 0.25) is 0 Å². The van der Waals surface area contributed by atoms with Crippen LogP contribution in [0.3, 0.4) is 0 Å². The molecule has 0 bridgehead atoms. The molecule has 6 heteroatoms. The molecule has 1 heterocycles. The number of rotatable bonds is 4. The van der Waals surface area contributed by atoms with Crippen molar-refractivity contribution >= 4 is 17.6 Å². The van der Waals surface area contributed by atoms with Gasteiger partial charge in [-0.15, -0.1) is 0 Å². The fraction of sp³-hybridized carbons (Fsp3) is 0.222. The van der Waals surface area contributed by atoms with Gasteiger partial charge in [-0.3, -0.25) is 14.6 Å². The Morgan fingerprint density at radius 1 is 1.08 bits per heavy atom. The van der Waals surface area contributed by atoms with Crippen molar-refractivity contribution < 1.29 is 19.1 Å². The summed E-state index contributed by atoms with van der Waals surface area (Å²) in [5.41, 5.74) is 0.662. The summed E-state index contributed by atoms with van der Waals surface area (Å²) in [5.74, 6) is -0.990. The summed E-state index contributed by atoms with van der Waals surface area (Å²) in [6.45, 7) is 1.34. The number of anilines is 1. The summed E-state index contributed by atoms with van der Waals surface area (Å²) in [6.07, 6.45) is -1.28. The fourth-order valence-corrected chi connectivity index (χ4v) is 2.83. The highest BCUT2D eigenvalue weighted by Gasteiger charge is 2.44. The highest BCUT2D eigenvalue weighted by Crippen LogP contribution is 2.27. The minimum atomic E-state index is -1.28. The Morgan fingerprint density at radius 2 is 1.71 bits per heavy atom. The van der Waals surface area contributed by atoms with Crippen LogP contribution in [0.15, 0.2) is 54.6 Å². The number of urea groups is 1. The molecule has 0 radical (unpaired) electrons. The van der Waals surface area contributed by atoms with Crippen LogP contribution in [0, 0.1) is 5.82 Å². The first-order valence-corrected chi connectivity index (χ1v) is 7.63. The van der Waals surface area contributed by atoms with E-state index in [1.54, 1.807) is 37.3 Å². The van der Waals surface area contributed by atoms with E-state index in [0.29, 0.717) is 5.69 Å². The van der Waals surface area contributed by atoms with Gasteiger partial charge in [-0.25, -0.2) is 9.18 Å². The molecule has 1 N–H and O–H groups in total. The Kier molecular flexibility index (Phi) is 4.31. The van der Waals surface area contributed by atoms with E-state index in [1.165, 1.54) is 23.1 Å². The van der Waals surface area contributed by atoms with Crippen LogP contribution in [-0.2, 0) is 4.79 Å². The number of nitrogens with zero attached hydrogens (tertiary/aromatic N) is 2. The second-order valence-corrected chi connectivity index (χ2v) is 5.65. The zero-order chi connectivity index (χ0) is 17.3. The number of amides is 3. The number of carbonyl (C=O) groups is 2. The first kappa shape index (κ1) is 16.1. The maximum absolute atomic E-state index is 13.8. The van der Waals surface area contributed by atoms with Crippen molar-refractivity contribution in [1.29, 1.82) is 0 Å². The van der Waals surface area contributed by atoms with Crippen LogP contribution >= 0.6 is 0 Å². The van der Waals surface area contributed by atoms with Crippen LogP contribution in [0.2, 0.25) is 0 Å². The Bertz CT molecular complexity index is 766. The maximum Gasteiger partial charge on any atom is 0.332 e. The fourth-order valence-electron chi connectivity index (χ4n) is 2.83. The summed E-state index contributed by atoms with van der Waals surface area (Å²) >= 11 is 0. The minimum Gasteiger partial charge on any atom is -0.386 e. The monoisotopic (exact) mass is 328 g/mol. The standard InChI is InChI=1S/C18H17FN2O3/c1-12-17(23)20(11-16(22)14-9-5-6-10-15(14)19)18(24)21(12)13-7-3-2-4-8-13/h2-10,12,16,22H,11H2,1H3/t12-,16-/m0/s1. The summed E-state index contributed by atoms with van der Waals surface area (Å²) in [6, 6.07) is 13.4. The van der Waals surface area contributed by atoms with Crippen LogP contribution < -0.4 is 4.90 Å². The number of imide groups is 1. The van der Waals surface area contributed by atoms with Crippen LogP contribution in [0.4, 0.5) is 14.9 Å². The summed E-state index contributed by atoms with van der Waals surface area (Å²) in [5, 5.41) is 10.2. The van der Waals surface area contributed by atoms with Gasteiger partial charge in [-0.1, -0.05) is 36.4 Å². The van der Waals surface area contributed by atoms with Gasteiger partial charge in [-0.05, 0) is 25.1 Å². The Balaban J connectivity index is 1.83. The molecular weight excluding hydrogens is 311 g/mol. The van der Waals surface area contributed by atoms with E-state index < -0.39 is 29.9 Å². The van der Waals surface area contributed by atoms with Crippen LogP contribution in [0.5, 0.6) is 0 Å². The smallest absolute Gasteiger partial charge is 0.332 e. The van der Waals surface area contributed by atoms with Gasteiger partial charge < -0.3 is 5.11 Å². The number of carbonyl (C=O) groups excluding carboxylic acids is 2. The summed E-state index contributed by atoms with van der Waals surface area (Å²) in [7, 11) is 0. The van der Waals surface area contributed by atoms with Crippen molar-refractivity contribution in [3.8, 4) is 0 Å². The molecule has 1 fully saturated rings. The Morgan fingerprint density at radius 3 is 2.38 bits per heavy atom. The maximum atomic E-state index is 13.8. The van der Waals surface area contributed by atoms with E-state index in [2.05, 4.69) is 0 Å². The SMILES string of the molecule is C[C@H]1C(=O)N(C[C@H](O)c2ccccc2F)C(=O)N1c1ccccc1. The van der Waals surface area contributed by atoms with Gasteiger partial charge in [0.1, 0.15) is 11.9 Å². The number of β-amino-alcohol motifs (C(OH)–C–C–N with tert-alkyl or cyclic N) is 1. The van der Waals surface area contributed by atoms with Crippen LogP contribution in [0.25, 0.3) is 0 Å². The number of aliphatic hydroxyl groups excluding tert-OH is 1. The molecule has 124 valence electrons. The molecule has 0 aromatic heterocycles. The molecular formula is C18H17FN2O3. The van der Waals surface area contributed by atoms with E-state index in [1.807, 2.05) is 6.07 Å². The first-order valence-electron chi connectivity index (χ1n) is 7.63. The van der Waals surface area contributed by atoms with Crippen LogP contribution in [-0.4, -0.2) is 34.5 Å². The third-order valence-corrected chi connectivity index (χ3v) is 4.10. The first-order chi connectivity index (χ1) is 11.5. The molecule has 2 aromatic rings. The van der Waals surface area contributed by atoms with Gasteiger partial charge in [0.25, 0.3) is 5.91 Å². The lowest BCUT2D eigenvalue weighted by Gasteiger charge is -2.20. The van der Waals surface area contributed by atoms with Gasteiger partial charge in [0.15, 0.2) is 0 Å². The molecule has 0 aliphatic carbocycles. The lowest BCUT2D eigenvalue weighted by Crippen LogP contribution is -2.36. The van der Waals surface area contributed by atoms with Gasteiger partial charge in [-0.2, -0.15) is 0 Å². The second kappa shape index (κ2) is 6.41. The number of aliphatic hydroxyl groups is 1. The topological polar surface area (TPSA) is 60.9 Å². The van der Waals surface area contributed by atoms with Crippen molar-refractivity contribution in [3.63, 3.8) is 0 Å². The van der Waals surface area contributed by atoms with E-state index in [9.17, 15) is 19.1 Å². The van der Waals surface area contributed by atoms with E-state index >= 15 is 0 Å². The van der Waals surface area contributed by atoms with E-state index in [0.717, 1.165) is 4.90 Å². The van der Waals surface area contributed by atoms with Gasteiger partial charge in [0.05, 0.1) is 12.6 Å². The molecule has 1 saturated heterocycles. The molecule has 2 atom stereocenters. The summed E-state index contributed by atoms with van der Waals surface area (Å²) < 4.78 is 13.8.